The summed E-state index contributed by atoms with van der Waals surface area (Å²) in [5, 5.41) is 6.21. The smallest absolute Gasteiger partial charge is 0.275 e. The number of carbonyl (C=O) groups excluding carboxylic acids is 1. The van der Waals surface area contributed by atoms with Gasteiger partial charge in [-0.25, -0.2) is 5.43 Å². The lowest BCUT2D eigenvalue weighted by Gasteiger charge is -2.11. The van der Waals surface area contributed by atoms with E-state index in [1.165, 1.54) is 6.21 Å². The second-order valence-corrected chi connectivity index (χ2v) is 9.50. The van der Waals surface area contributed by atoms with Crippen molar-refractivity contribution in [2.45, 2.75) is 13.2 Å². The van der Waals surface area contributed by atoms with Gasteiger partial charge in [0.2, 0.25) is 0 Å². The Kier molecular flexibility index (Phi) is 9.31. The molecule has 5 nitrogen and oxygen atoms in total. The largest absolute Gasteiger partial charge is 0.489 e. The molecule has 0 aliphatic carbocycles. The van der Waals surface area contributed by atoms with E-state index in [1.54, 1.807) is 66.7 Å². The van der Waals surface area contributed by atoms with Crippen molar-refractivity contribution in [3.8, 4) is 11.5 Å². The summed E-state index contributed by atoms with van der Waals surface area (Å²) in [5.41, 5.74) is 5.23. The van der Waals surface area contributed by atoms with Gasteiger partial charge in [-0.2, -0.15) is 5.10 Å². The van der Waals surface area contributed by atoms with Crippen LogP contribution >= 0.6 is 46.4 Å². The first-order valence-corrected chi connectivity index (χ1v) is 12.6. The van der Waals surface area contributed by atoms with Crippen LogP contribution in [-0.2, 0) is 13.2 Å². The number of hydrazone groups is 1. The number of hydrogen-bond donors (Lipinski definition) is 1. The zero-order chi connectivity index (χ0) is 26.2. The number of hydrogen-bond acceptors (Lipinski definition) is 4. The predicted molar refractivity (Wildman–Crippen MR) is 150 cm³/mol. The Morgan fingerprint density at radius 3 is 1.97 bits per heavy atom. The van der Waals surface area contributed by atoms with Gasteiger partial charge in [0.25, 0.3) is 5.91 Å². The minimum atomic E-state index is -0.408. The minimum Gasteiger partial charge on any atom is -0.489 e. The summed E-state index contributed by atoms with van der Waals surface area (Å²) in [6.45, 7) is 0.493. The molecule has 9 heteroatoms. The zero-order valence-corrected chi connectivity index (χ0v) is 22.3. The summed E-state index contributed by atoms with van der Waals surface area (Å²) in [6, 6.07) is 24.6. The van der Waals surface area contributed by atoms with Gasteiger partial charge in [-0.1, -0.05) is 70.7 Å². The Balaban J connectivity index is 1.32. The van der Waals surface area contributed by atoms with E-state index in [9.17, 15) is 4.79 Å². The van der Waals surface area contributed by atoms with Crippen LogP contribution in [0, 0.1) is 0 Å². The number of benzene rings is 4. The van der Waals surface area contributed by atoms with Gasteiger partial charge in [-0.3, -0.25) is 4.79 Å². The molecule has 0 saturated heterocycles. The molecular weight excluding hydrogens is 554 g/mol. The van der Waals surface area contributed by atoms with Crippen LogP contribution < -0.4 is 14.9 Å². The number of carbonyl (C=O) groups is 1. The highest BCUT2D eigenvalue weighted by Gasteiger charge is 2.12. The molecule has 0 bridgehead atoms. The van der Waals surface area contributed by atoms with E-state index in [-0.39, 0.29) is 6.61 Å². The van der Waals surface area contributed by atoms with Gasteiger partial charge in [0, 0.05) is 31.2 Å². The third-order valence-electron chi connectivity index (χ3n) is 5.20. The highest BCUT2D eigenvalue weighted by molar-refractivity contribution is 6.35. The van der Waals surface area contributed by atoms with Crippen LogP contribution in [0.3, 0.4) is 0 Å². The Bertz CT molecular complexity index is 1430. The third kappa shape index (κ3) is 7.63. The van der Waals surface area contributed by atoms with E-state index < -0.39 is 5.91 Å². The van der Waals surface area contributed by atoms with E-state index >= 15 is 0 Å². The molecule has 0 unspecified atom stereocenters. The lowest BCUT2D eigenvalue weighted by atomic mass is 10.2. The average Bonchev–Trinajstić information content (AvgIpc) is 2.88. The van der Waals surface area contributed by atoms with Crippen molar-refractivity contribution in [1.82, 2.24) is 5.43 Å². The Labute approximate surface area is 234 Å². The number of halogens is 4. The molecule has 4 rings (SSSR count). The van der Waals surface area contributed by atoms with Crippen LogP contribution in [0.1, 0.15) is 27.0 Å². The second kappa shape index (κ2) is 12.8. The Morgan fingerprint density at radius 1 is 0.757 bits per heavy atom. The summed E-state index contributed by atoms with van der Waals surface area (Å²) in [7, 11) is 0. The molecule has 188 valence electrons. The summed E-state index contributed by atoms with van der Waals surface area (Å²) in [6.07, 6.45) is 1.54. The molecule has 0 radical (unpaired) electrons. The summed E-state index contributed by atoms with van der Waals surface area (Å²) in [5.74, 6) is 0.663. The number of ether oxygens (including phenoxy) is 2. The molecule has 0 aliphatic rings. The van der Waals surface area contributed by atoms with Gasteiger partial charge in [0.15, 0.2) is 0 Å². The van der Waals surface area contributed by atoms with Crippen LogP contribution in [0.2, 0.25) is 20.1 Å². The summed E-state index contributed by atoms with van der Waals surface area (Å²) >= 11 is 24.3. The van der Waals surface area contributed by atoms with Gasteiger partial charge < -0.3 is 9.47 Å². The van der Waals surface area contributed by atoms with E-state index in [0.717, 1.165) is 16.7 Å². The van der Waals surface area contributed by atoms with E-state index in [0.29, 0.717) is 43.8 Å². The van der Waals surface area contributed by atoms with Crippen molar-refractivity contribution in [2.24, 2.45) is 5.10 Å². The summed E-state index contributed by atoms with van der Waals surface area (Å²) < 4.78 is 11.6. The normalized spacial score (nSPS) is 10.9. The maximum absolute atomic E-state index is 12.7. The monoisotopic (exact) mass is 572 g/mol. The topological polar surface area (TPSA) is 59.9 Å². The second-order valence-electron chi connectivity index (χ2n) is 7.81. The maximum Gasteiger partial charge on any atom is 0.275 e. The van der Waals surface area contributed by atoms with Crippen LogP contribution in [0.4, 0.5) is 0 Å². The molecule has 0 spiro atoms. The number of para-hydroxylation sites is 1. The van der Waals surface area contributed by atoms with E-state index in [4.69, 9.17) is 55.9 Å². The molecule has 1 N–H and O–H groups in total. The molecule has 1 amide bonds. The van der Waals surface area contributed by atoms with E-state index in [2.05, 4.69) is 10.5 Å². The summed E-state index contributed by atoms with van der Waals surface area (Å²) in [4.78, 5) is 12.7. The SMILES string of the molecule is O=C(N/N=C/c1ccc(OCc2ccc(Cl)cc2Cl)cc1)c1ccccc1OCc1ccc(Cl)cc1Cl. The third-order valence-corrected chi connectivity index (χ3v) is 6.37. The van der Waals surface area contributed by atoms with Crippen LogP contribution in [0.15, 0.2) is 90.0 Å². The first-order chi connectivity index (χ1) is 17.9. The average molecular weight is 574 g/mol. The molecule has 0 aromatic heterocycles. The van der Waals surface area contributed by atoms with Crippen LogP contribution in [0.25, 0.3) is 0 Å². The van der Waals surface area contributed by atoms with Crippen molar-refractivity contribution >= 4 is 58.5 Å². The fourth-order valence-electron chi connectivity index (χ4n) is 3.25. The standard InChI is InChI=1S/C28H20Cl4N2O3/c29-21-9-7-19(25(31)13-21)16-36-23-11-5-18(6-12-23)15-33-34-28(35)24-3-1-2-4-27(24)37-17-20-8-10-22(30)14-26(20)32/h1-15H,16-17H2,(H,34,35)/b33-15+. The van der Waals surface area contributed by atoms with Gasteiger partial charge in [-0.15, -0.1) is 0 Å². The highest BCUT2D eigenvalue weighted by atomic mass is 35.5. The zero-order valence-electron chi connectivity index (χ0n) is 19.3. The molecule has 0 fully saturated rings. The Hall–Kier alpha value is -3.22. The molecule has 4 aromatic rings. The van der Waals surface area contributed by atoms with Gasteiger partial charge >= 0.3 is 0 Å². The molecular formula is C28H20Cl4N2O3. The minimum absolute atomic E-state index is 0.183. The first kappa shape index (κ1) is 26.8. The van der Waals surface area contributed by atoms with Gasteiger partial charge in [0.05, 0.1) is 11.8 Å². The number of amides is 1. The fourth-order valence-corrected chi connectivity index (χ4v) is 4.18. The van der Waals surface area contributed by atoms with Crippen LogP contribution in [-0.4, -0.2) is 12.1 Å². The quantitative estimate of drug-likeness (QED) is 0.162. The molecule has 4 aromatic carbocycles. The lowest BCUT2D eigenvalue weighted by Crippen LogP contribution is -2.18. The van der Waals surface area contributed by atoms with Crippen molar-refractivity contribution in [3.05, 3.63) is 127 Å². The first-order valence-electron chi connectivity index (χ1n) is 11.0. The highest BCUT2D eigenvalue weighted by Crippen LogP contribution is 2.25. The van der Waals surface area contributed by atoms with Crippen molar-refractivity contribution in [1.29, 1.82) is 0 Å². The molecule has 0 saturated carbocycles. The predicted octanol–water partition coefficient (Wildman–Crippen LogP) is 8.22. The van der Waals surface area contributed by atoms with Crippen molar-refractivity contribution in [2.75, 3.05) is 0 Å². The maximum atomic E-state index is 12.7. The molecule has 0 heterocycles. The van der Waals surface area contributed by atoms with Crippen LogP contribution in [0.5, 0.6) is 11.5 Å². The molecule has 0 aliphatic heterocycles. The van der Waals surface area contributed by atoms with E-state index in [1.807, 2.05) is 18.2 Å². The number of rotatable bonds is 9. The Morgan fingerprint density at radius 2 is 1.35 bits per heavy atom. The lowest BCUT2D eigenvalue weighted by molar-refractivity contribution is 0.0950. The number of nitrogens with one attached hydrogen (secondary N) is 1. The van der Waals surface area contributed by atoms with Gasteiger partial charge in [-0.05, 0) is 66.2 Å². The molecule has 0 atom stereocenters. The number of nitrogens with zero attached hydrogens (tertiary/aromatic N) is 1. The molecule has 37 heavy (non-hydrogen) atoms. The fraction of sp³-hybridized carbons (Fsp3) is 0.0714. The van der Waals surface area contributed by atoms with Crippen molar-refractivity contribution in [3.63, 3.8) is 0 Å². The van der Waals surface area contributed by atoms with Gasteiger partial charge in [0.1, 0.15) is 24.7 Å². The van der Waals surface area contributed by atoms with Crippen molar-refractivity contribution < 1.29 is 14.3 Å².